The van der Waals surface area contributed by atoms with Gasteiger partial charge in [-0.25, -0.2) is 0 Å². The van der Waals surface area contributed by atoms with E-state index in [4.69, 9.17) is 4.74 Å². The van der Waals surface area contributed by atoms with Gasteiger partial charge in [0.25, 0.3) is 0 Å². The van der Waals surface area contributed by atoms with E-state index in [2.05, 4.69) is 26.1 Å². The second kappa shape index (κ2) is 4.24. The third kappa shape index (κ3) is 4.07. The van der Waals surface area contributed by atoms with Crippen molar-refractivity contribution in [2.75, 3.05) is 19.7 Å². The number of nitrogens with one attached hydrogen (secondary N) is 1. The fourth-order valence-electron chi connectivity index (χ4n) is 1.43. The lowest BCUT2D eigenvalue weighted by atomic mass is 10.0. The van der Waals surface area contributed by atoms with Crippen molar-refractivity contribution in [1.82, 2.24) is 5.32 Å². The molecule has 0 spiro atoms. The second-order valence-electron chi connectivity index (χ2n) is 4.64. The molecule has 1 rings (SSSR count). The molecule has 1 saturated heterocycles. The van der Waals surface area contributed by atoms with Gasteiger partial charge < -0.3 is 10.1 Å². The van der Waals surface area contributed by atoms with Gasteiger partial charge in [-0.05, 0) is 46.1 Å². The zero-order valence-electron chi connectivity index (χ0n) is 8.52. The summed E-state index contributed by atoms with van der Waals surface area (Å²) in [7, 11) is 0. The normalized spacial score (nSPS) is 25.8. The van der Waals surface area contributed by atoms with Crippen molar-refractivity contribution in [3.63, 3.8) is 0 Å². The minimum Gasteiger partial charge on any atom is -0.376 e. The Morgan fingerprint density at radius 3 is 2.67 bits per heavy atom. The van der Waals surface area contributed by atoms with Gasteiger partial charge in [-0.15, -0.1) is 0 Å². The molecule has 0 aliphatic carbocycles. The summed E-state index contributed by atoms with van der Waals surface area (Å²) in [6.45, 7) is 9.58. The molecule has 1 atom stereocenters. The monoisotopic (exact) mass is 171 g/mol. The second-order valence-corrected chi connectivity index (χ2v) is 4.64. The van der Waals surface area contributed by atoms with Gasteiger partial charge in [0.15, 0.2) is 0 Å². The first-order valence-electron chi connectivity index (χ1n) is 4.92. The fraction of sp³-hybridized carbons (Fsp3) is 1.00. The van der Waals surface area contributed by atoms with Crippen LogP contribution in [0.15, 0.2) is 0 Å². The Hall–Kier alpha value is -0.0800. The van der Waals surface area contributed by atoms with E-state index in [-0.39, 0.29) is 5.60 Å². The molecule has 1 fully saturated rings. The molecule has 1 unspecified atom stereocenters. The standard InChI is InChI=1S/C10H21NO/c1-10(2,3)12-8-9-5-4-6-11-7-9/h9,11H,4-8H2,1-3H3. The molecule has 0 bridgehead atoms. The van der Waals surface area contributed by atoms with Crippen LogP contribution in [0, 0.1) is 5.92 Å². The SMILES string of the molecule is CC(C)(C)OCC1CCCNC1. The number of hydrogen-bond acceptors (Lipinski definition) is 2. The lowest BCUT2D eigenvalue weighted by Crippen LogP contribution is -2.34. The van der Waals surface area contributed by atoms with Crippen molar-refractivity contribution >= 4 is 0 Å². The first-order chi connectivity index (χ1) is 5.58. The molecule has 0 saturated carbocycles. The Bertz CT molecular complexity index is 122. The Morgan fingerprint density at radius 2 is 2.17 bits per heavy atom. The highest BCUT2D eigenvalue weighted by atomic mass is 16.5. The molecule has 12 heavy (non-hydrogen) atoms. The quantitative estimate of drug-likeness (QED) is 0.684. The van der Waals surface area contributed by atoms with Crippen LogP contribution >= 0.6 is 0 Å². The van der Waals surface area contributed by atoms with Crippen molar-refractivity contribution in [2.45, 2.75) is 39.2 Å². The Balaban J connectivity index is 2.13. The maximum Gasteiger partial charge on any atom is 0.0598 e. The average molecular weight is 171 g/mol. The van der Waals surface area contributed by atoms with E-state index in [0.717, 1.165) is 19.1 Å². The van der Waals surface area contributed by atoms with Gasteiger partial charge >= 0.3 is 0 Å². The lowest BCUT2D eigenvalue weighted by Gasteiger charge is -2.27. The van der Waals surface area contributed by atoms with Crippen LogP contribution in [-0.2, 0) is 4.74 Å². The third-order valence-corrected chi connectivity index (χ3v) is 2.15. The molecule has 1 aliphatic heterocycles. The number of ether oxygens (including phenoxy) is 1. The topological polar surface area (TPSA) is 21.3 Å². The Kier molecular flexibility index (Phi) is 3.53. The van der Waals surface area contributed by atoms with E-state index in [0.29, 0.717) is 0 Å². The molecule has 0 radical (unpaired) electrons. The largest absolute Gasteiger partial charge is 0.376 e. The van der Waals surface area contributed by atoms with Crippen LogP contribution < -0.4 is 5.32 Å². The van der Waals surface area contributed by atoms with E-state index >= 15 is 0 Å². The maximum absolute atomic E-state index is 5.73. The summed E-state index contributed by atoms with van der Waals surface area (Å²) in [5.41, 5.74) is 0.0252. The van der Waals surface area contributed by atoms with Crippen molar-refractivity contribution in [2.24, 2.45) is 5.92 Å². The summed E-state index contributed by atoms with van der Waals surface area (Å²) in [6.07, 6.45) is 2.63. The minimum atomic E-state index is 0.0252. The highest BCUT2D eigenvalue weighted by Gasteiger charge is 2.17. The fourth-order valence-corrected chi connectivity index (χ4v) is 1.43. The Morgan fingerprint density at radius 1 is 1.42 bits per heavy atom. The number of piperidine rings is 1. The molecule has 0 aromatic heterocycles. The van der Waals surface area contributed by atoms with E-state index in [9.17, 15) is 0 Å². The smallest absolute Gasteiger partial charge is 0.0598 e. The van der Waals surface area contributed by atoms with Gasteiger partial charge in [-0.3, -0.25) is 0 Å². The molecule has 1 N–H and O–H groups in total. The summed E-state index contributed by atoms with van der Waals surface area (Å²) in [5, 5.41) is 3.39. The molecule has 0 aromatic rings. The molecular weight excluding hydrogens is 150 g/mol. The maximum atomic E-state index is 5.73. The highest BCUT2D eigenvalue weighted by Crippen LogP contribution is 2.14. The number of rotatable bonds is 2. The predicted octanol–water partition coefficient (Wildman–Crippen LogP) is 1.80. The van der Waals surface area contributed by atoms with E-state index in [1.807, 2.05) is 0 Å². The van der Waals surface area contributed by atoms with Crippen molar-refractivity contribution in [3.8, 4) is 0 Å². The summed E-state index contributed by atoms with van der Waals surface area (Å²) >= 11 is 0. The van der Waals surface area contributed by atoms with Gasteiger partial charge in [0, 0.05) is 6.54 Å². The van der Waals surface area contributed by atoms with Crippen LogP contribution in [0.3, 0.4) is 0 Å². The third-order valence-electron chi connectivity index (χ3n) is 2.15. The summed E-state index contributed by atoms with van der Waals surface area (Å²) in [4.78, 5) is 0. The summed E-state index contributed by atoms with van der Waals surface area (Å²) in [5.74, 6) is 0.734. The van der Waals surface area contributed by atoms with Gasteiger partial charge in [0.2, 0.25) is 0 Å². The van der Waals surface area contributed by atoms with Crippen LogP contribution in [-0.4, -0.2) is 25.3 Å². The lowest BCUT2D eigenvalue weighted by molar-refractivity contribution is -0.0255. The van der Waals surface area contributed by atoms with Crippen LogP contribution in [0.1, 0.15) is 33.6 Å². The highest BCUT2D eigenvalue weighted by molar-refractivity contribution is 4.70. The zero-order valence-corrected chi connectivity index (χ0v) is 8.52. The Labute approximate surface area is 75.7 Å². The molecule has 1 heterocycles. The van der Waals surface area contributed by atoms with E-state index in [1.54, 1.807) is 0 Å². The molecule has 0 aromatic carbocycles. The van der Waals surface area contributed by atoms with Gasteiger partial charge in [0.1, 0.15) is 0 Å². The molecule has 1 aliphatic rings. The average Bonchev–Trinajstić information content (AvgIpc) is 2.02. The predicted molar refractivity (Wildman–Crippen MR) is 51.3 cm³/mol. The molecule has 2 heteroatoms. The minimum absolute atomic E-state index is 0.0252. The molecule has 0 amide bonds. The molecular formula is C10H21NO. The van der Waals surface area contributed by atoms with Crippen molar-refractivity contribution in [1.29, 1.82) is 0 Å². The van der Waals surface area contributed by atoms with Crippen LogP contribution in [0.5, 0.6) is 0 Å². The van der Waals surface area contributed by atoms with Crippen molar-refractivity contribution < 1.29 is 4.74 Å². The van der Waals surface area contributed by atoms with Crippen molar-refractivity contribution in [3.05, 3.63) is 0 Å². The first-order valence-corrected chi connectivity index (χ1v) is 4.92. The van der Waals surface area contributed by atoms with E-state index < -0.39 is 0 Å². The first kappa shape index (κ1) is 10.0. The van der Waals surface area contributed by atoms with Gasteiger partial charge in [0.05, 0.1) is 12.2 Å². The zero-order chi connectivity index (χ0) is 9.03. The van der Waals surface area contributed by atoms with Gasteiger partial charge in [-0.2, -0.15) is 0 Å². The molecule has 72 valence electrons. The summed E-state index contributed by atoms with van der Waals surface area (Å²) in [6, 6.07) is 0. The van der Waals surface area contributed by atoms with E-state index in [1.165, 1.54) is 19.4 Å². The number of hydrogen-bond donors (Lipinski definition) is 1. The van der Waals surface area contributed by atoms with Crippen LogP contribution in [0.25, 0.3) is 0 Å². The summed E-state index contributed by atoms with van der Waals surface area (Å²) < 4.78 is 5.73. The van der Waals surface area contributed by atoms with Gasteiger partial charge in [-0.1, -0.05) is 0 Å². The molecule has 2 nitrogen and oxygen atoms in total. The van der Waals surface area contributed by atoms with Crippen LogP contribution in [0.2, 0.25) is 0 Å². The van der Waals surface area contributed by atoms with Crippen LogP contribution in [0.4, 0.5) is 0 Å².